The van der Waals surface area contributed by atoms with E-state index in [1.54, 1.807) is 31.2 Å². The SMILES string of the molecule is CCCN(CC1CC1)C(=O)C(C)N=C1NS(=O)(=O)c2ccccc21. The summed E-state index contributed by atoms with van der Waals surface area (Å²) in [4.78, 5) is 19.2. The number of benzene rings is 1. The summed E-state index contributed by atoms with van der Waals surface area (Å²) in [6, 6.07) is 6.08. The van der Waals surface area contributed by atoms with Crippen molar-refractivity contribution in [3.63, 3.8) is 0 Å². The van der Waals surface area contributed by atoms with E-state index >= 15 is 0 Å². The predicted molar refractivity (Wildman–Crippen MR) is 92.4 cm³/mol. The molecule has 2 aliphatic rings. The standard InChI is InChI=1S/C17H23N3O3S/c1-3-10-20(11-13-8-9-13)17(21)12(2)18-16-14-6-4-5-7-15(14)24(22,23)19-16/h4-7,12-13H,3,8-11H2,1-2H3,(H,18,19). The van der Waals surface area contributed by atoms with Gasteiger partial charge in [-0.2, -0.15) is 0 Å². The van der Waals surface area contributed by atoms with E-state index in [0.717, 1.165) is 13.0 Å². The van der Waals surface area contributed by atoms with Crippen LogP contribution in [-0.2, 0) is 14.8 Å². The molecule has 0 radical (unpaired) electrons. The van der Waals surface area contributed by atoms with Crippen molar-refractivity contribution in [1.82, 2.24) is 9.62 Å². The molecular formula is C17H23N3O3S. The number of nitrogens with one attached hydrogen (secondary N) is 1. The molecule has 1 atom stereocenters. The lowest BCUT2D eigenvalue weighted by atomic mass is 10.2. The molecule has 24 heavy (non-hydrogen) atoms. The summed E-state index contributed by atoms with van der Waals surface area (Å²) >= 11 is 0. The van der Waals surface area contributed by atoms with Crippen LogP contribution in [0.25, 0.3) is 0 Å². The summed E-state index contributed by atoms with van der Waals surface area (Å²) in [7, 11) is -3.57. The molecule has 1 heterocycles. The summed E-state index contributed by atoms with van der Waals surface area (Å²) < 4.78 is 26.7. The molecule has 6 nitrogen and oxygen atoms in total. The summed E-state index contributed by atoms with van der Waals surface area (Å²) in [6.07, 6.45) is 3.27. The number of aliphatic imine (C=N–C) groups is 1. The van der Waals surface area contributed by atoms with Crippen LogP contribution in [0.2, 0.25) is 0 Å². The minimum Gasteiger partial charge on any atom is -0.341 e. The molecular weight excluding hydrogens is 326 g/mol. The molecule has 1 amide bonds. The maximum atomic E-state index is 12.7. The minimum atomic E-state index is -3.57. The molecule has 1 N–H and O–H groups in total. The lowest BCUT2D eigenvalue weighted by Crippen LogP contribution is -2.40. The third-order valence-corrected chi connectivity index (χ3v) is 5.72. The van der Waals surface area contributed by atoms with Crippen LogP contribution in [0.15, 0.2) is 34.2 Å². The molecule has 130 valence electrons. The van der Waals surface area contributed by atoms with E-state index in [4.69, 9.17) is 0 Å². The van der Waals surface area contributed by atoms with Crippen molar-refractivity contribution in [2.45, 2.75) is 44.0 Å². The highest BCUT2D eigenvalue weighted by atomic mass is 32.2. The Bertz CT molecular complexity index is 769. The Morgan fingerprint density at radius 1 is 1.38 bits per heavy atom. The van der Waals surface area contributed by atoms with Crippen molar-refractivity contribution in [3.05, 3.63) is 29.8 Å². The molecule has 7 heteroatoms. The number of fused-ring (bicyclic) bond motifs is 1. The molecule has 1 fully saturated rings. The number of amides is 1. The van der Waals surface area contributed by atoms with Gasteiger partial charge in [0, 0.05) is 18.7 Å². The van der Waals surface area contributed by atoms with Gasteiger partial charge in [-0.3, -0.25) is 14.5 Å². The fourth-order valence-corrected chi connectivity index (χ4v) is 4.16. The highest BCUT2D eigenvalue weighted by Crippen LogP contribution is 2.30. The number of sulfonamides is 1. The van der Waals surface area contributed by atoms with Crippen LogP contribution in [-0.4, -0.2) is 44.2 Å². The molecule has 3 rings (SSSR count). The van der Waals surface area contributed by atoms with Crippen molar-refractivity contribution in [1.29, 1.82) is 0 Å². The molecule has 1 aliphatic heterocycles. The van der Waals surface area contributed by atoms with Crippen molar-refractivity contribution in [2.24, 2.45) is 10.9 Å². The Hall–Kier alpha value is -1.89. The topological polar surface area (TPSA) is 78.8 Å². The van der Waals surface area contributed by atoms with E-state index in [1.807, 2.05) is 11.8 Å². The van der Waals surface area contributed by atoms with E-state index in [1.165, 1.54) is 12.8 Å². The number of carbonyl (C=O) groups is 1. The van der Waals surface area contributed by atoms with Gasteiger partial charge in [-0.05, 0) is 44.2 Å². The Labute approximate surface area is 143 Å². The van der Waals surface area contributed by atoms with E-state index in [0.29, 0.717) is 18.0 Å². The molecule has 0 spiro atoms. The first-order valence-electron chi connectivity index (χ1n) is 8.41. The van der Waals surface area contributed by atoms with Gasteiger partial charge in [0.05, 0.1) is 4.90 Å². The lowest BCUT2D eigenvalue weighted by Gasteiger charge is -2.24. The zero-order valence-electron chi connectivity index (χ0n) is 14.0. The van der Waals surface area contributed by atoms with Gasteiger partial charge in [0.2, 0.25) is 5.91 Å². The smallest absolute Gasteiger partial charge is 0.263 e. The zero-order chi connectivity index (χ0) is 17.3. The summed E-state index contributed by atoms with van der Waals surface area (Å²) in [5, 5.41) is 0. The van der Waals surface area contributed by atoms with Crippen LogP contribution < -0.4 is 4.72 Å². The largest absolute Gasteiger partial charge is 0.341 e. The van der Waals surface area contributed by atoms with Gasteiger partial charge in [0.1, 0.15) is 11.9 Å². The number of rotatable bonds is 6. The molecule has 1 saturated carbocycles. The van der Waals surface area contributed by atoms with Gasteiger partial charge >= 0.3 is 0 Å². The summed E-state index contributed by atoms with van der Waals surface area (Å²) in [6.45, 7) is 5.27. The Morgan fingerprint density at radius 2 is 2.08 bits per heavy atom. The van der Waals surface area contributed by atoms with Crippen LogP contribution in [0.5, 0.6) is 0 Å². The second-order valence-electron chi connectivity index (χ2n) is 6.48. The third kappa shape index (κ3) is 3.45. The average Bonchev–Trinajstić information content (AvgIpc) is 3.32. The van der Waals surface area contributed by atoms with Gasteiger partial charge in [0.25, 0.3) is 10.0 Å². The van der Waals surface area contributed by atoms with Crippen molar-refractivity contribution in [3.8, 4) is 0 Å². The van der Waals surface area contributed by atoms with Gasteiger partial charge in [0.15, 0.2) is 0 Å². The van der Waals surface area contributed by atoms with Crippen molar-refractivity contribution >= 4 is 21.8 Å². The molecule has 1 aromatic carbocycles. The first-order chi connectivity index (χ1) is 11.4. The molecule has 1 unspecified atom stereocenters. The quantitative estimate of drug-likeness (QED) is 0.850. The van der Waals surface area contributed by atoms with Gasteiger partial charge in [-0.25, -0.2) is 8.42 Å². The number of amidine groups is 1. The Morgan fingerprint density at radius 3 is 2.75 bits per heavy atom. The number of carbonyl (C=O) groups excluding carboxylic acids is 1. The monoisotopic (exact) mass is 349 g/mol. The summed E-state index contributed by atoms with van der Waals surface area (Å²) in [5.41, 5.74) is 0.529. The average molecular weight is 349 g/mol. The van der Waals surface area contributed by atoms with Crippen molar-refractivity contribution < 1.29 is 13.2 Å². The van der Waals surface area contributed by atoms with Crippen LogP contribution in [0.3, 0.4) is 0 Å². The lowest BCUT2D eigenvalue weighted by molar-refractivity contribution is -0.132. The zero-order valence-corrected chi connectivity index (χ0v) is 14.8. The molecule has 1 aliphatic carbocycles. The summed E-state index contributed by atoms with van der Waals surface area (Å²) in [5.74, 6) is 0.834. The first-order valence-corrected chi connectivity index (χ1v) is 9.89. The number of hydrogen-bond donors (Lipinski definition) is 1. The fourth-order valence-electron chi connectivity index (χ4n) is 2.92. The van der Waals surface area contributed by atoms with Crippen LogP contribution in [0.1, 0.15) is 38.7 Å². The fraction of sp³-hybridized carbons (Fsp3) is 0.529. The van der Waals surface area contributed by atoms with Gasteiger partial charge < -0.3 is 4.90 Å². The molecule has 0 aromatic heterocycles. The van der Waals surface area contributed by atoms with Crippen LogP contribution >= 0.6 is 0 Å². The maximum Gasteiger partial charge on any atom is 0.263 e. The van der Waals surface area contributed by atoms with Gasteiger partial charge in [-0.15, -0.1) is 0 Å². The molecule has 1 aromatic rings. The van der Waals surface area contributed by atoms with E-state index in [-0.39, 0.29) is 16.6 Å². The van der Waals surface area contributed by atoms with Crippen LogP contribution in [0.4, 0.5) is 0 Å². The van der Waals surface area contributed by atoms with E-state index < -0.39 is 16.1 Å². The second kappa shape index (κ2) is 6.55. The Kier molecular flexibility index (Phi) is 4.62. The van der Waals surface area contributed by atoms with E-state index in [2.05, 4.69) is 9.71 Å². The molecule has 0 bridgehead atoms. The first kappa shape index (κ1) is 17.0. The number of hydrogen-bond acceptors (Lipinski definition) is 4. The minimum absolute atomic E-state index is 0.0418. The normalized spacial score (nSPS) is 21.2. The second-order valence-corrected chi connectivity index (χ2v) is 8.13. The number of nitrogens with zero attached hydrogens (tertiary/aromatic N) is 2. The highest BCUT2D eigenvalue weighted by molar-refractivity contribution is 7.90. The van der Waals surface area contributed by atoms with Crippen molar-refractivity contribution in [2.75, 3.05) is 13.1 Å². The highest BCUT2D eigenvalue weighted by Gasteiger charge is 2.32. The van der Waals surface area contributed by atoms with E-state index in [9.17, 15) is 13.2 Å². The van der Waals surface area contributed by atoms with Gasteiger partial charge in [-0.1, -0.05) is 19.1 Å². The van der Waals surface area contributed by atoms with Crippen LogP contribution in [0, 0.1) is 5.92 Å². The third-order valence-electron chi connectivity index (χ3n) is 4.32. The maximum absolute atomic E-state index is 12.7. The molecule has 0 saturated heterocycles. The Balaban J connectivity index is 1.81. The predicted octanol–water partition coefficient (Wildman–Crippen LogP) is 1.76.